The minimum Gasteiger partial charge on any atom is -0.352 e. The quantitative estimate of drug-likeness (QED) is 0.788. The van der Waals surface area contributed by atoms with E-state index < -0.39 is 21.8 Å². The molecule has 17 heavy (non-hydrogen) atoms. The molecule has 8 heteroatoms. The van der Waals surface area contributed by atoms with E-state index >= 15 is 0 Å². The van der Waals surface area contributed by atoms with Crippen molar-refractivity contribution in [3.63, 3.8) is 0 Å². The second-order valence-electron chi connectivity index (χ2n) is 3.15. The lowest BCUT2D eigenvalue weighted by atomic mass is 10.1. The third-order valence-corrected chi connectivity index (χ3v) is 3.48. The highest BCUT2D eigenvalue weighted by atomic mass is 32.2. The van der Waals surface area contributed by atoms with Crippen LogP contribution in [0.3, 0.4) is 0 Å². The summed E-state index contributed by atoms with van der Waals surface area (Å²) in [7, 11) is -4.28. The average molecular weight is 274 g/mol. The maximum Gasteiger partial charge on any atom is 0.269 e. The first-order valence-corrected chi connectivity index (χ1v) is 7.11. The molecule has 0 radical (unpaired) electrons. The van der Waals surface area contributed by atoms with Gasteiger partial charge in [-0.15, -0.1) is 11.3 Å². The fourth-order valence-electron chi connectivity index (χ4n) is 1.25. The monoisotopic (exact) mass is 274 g/mol. The number of carbonyl (C=O) groups excluding carboxylic acids is 1. The van der Waals surface area contributed by atoms with Crippen molar-refractivity contribution in [2.24, 2.45) is 0 Å². The molecular formula is C9H10N2O4S2. The smallest absolute Gasteiger partial charge is 0.269 e. The van der Waals surface area contributed by atoms with Crippen LogP contribution in [0.1, 0.15) is 27.7 Å². The zero-order valence-corrected chi connectivity index (χ0v) is 10.6. The van der Waals surface area contributed by atoms with Gasteiger partial charge in [0, 0.05) is 17.5 Å². The van der Waals surface area contributed by atoms with E-state index in [0.717, 1.165) is 11.3 Å². The standard InChI is InChI=1S/C9H10N2O4S2/c1-2-11-9(12)6-4-16-8(3-10)7(6)5-17(13,14)15/h4H,2,5H2,1H3,(H,11,12)(H,13,14,15). The largest absolute Gasteiger partial charge is 0.352 e. The van der Waals surface area contributed by atoms with Gasteiger partial charge < -0.3 is 5.32 Å². The van der Waals surface area contributed by atoms with E-state index in [2.05, 4.69) is 5.32 Å². The number of nitrogens with one attached hydrogen (secondary N) is 1. The van der Waals surface area contributed by atoms with Crippen LogP contribution < -0.4 is 5.32 Å². The van der Waals surface area contributed by atoms with E-state index in [-0.39, 0.29) is 16.0 Å². The Morgan fingerprint density at radius 2 is 2.29 bits per heavy atom. The lowest BCUT2D eigenvalue weighted by Crippen LogP contribution is -2.23. The highest BCUT2D eigenvalue weighted by Crippen LogP contribution is 2.23. The number of amides is 1. The van der Waals surface area contributed by atoms with E-state index in [1.54, 1.807) is 13.0 Å². The van der Waals surface area contributed by atoms with Gasteiger partial charge >= 0.3 is 0 Å². The third kappa shape index (κ3) is 3.52. The summed E-state index contributed by atoms with van der Waals surface area (Å²) in [5, 5.41) is 12.7. The summed E-state index contributed by atoms with van der Waals surface area (Å²) in [4.78, 5) is 11.7. The molecule has 0 aliphatic rings. The summed E-state index contributed by atoms with van der Waals surface area (Å²) < 4.78 is 30.4. The second kappa shape index (κ2) is 5.27. The Kier molecular flexibility index (Phi) is 4.22. The number of rotatable bonds is 4. The Labute approximate surface area is 103 Å². The zero-order chi connectivity index (χ0) is 13.1. The van der Waals surface area contributed by atoms with E-state index in [1.807, 2.05) is 0 Å². The molecule has 1 aromatic rings. The van der Waals surface area contributed by atoms with Crippen LogP contribution in [0.15, 0.2) is 5.38 Å². The van der Waals surface area contributed by atoms with Crippen LogP contribution >= 0.6 is 11.3 Å². The van der Waals surface area contributed by atoms with Gasteiger partial charge in [0.15, 0.2) is 0 Å². The van der Waals surface area contributed by atoms with Gasteiger partial charge in [-0.3, -0.25) is 9.35 Å². The first kappa shape index (κ1) is 13.6. The lowest BCUT2D eigenvalue weighted by Gasteiger charge is -2.03. The maximum absolute atomic E-state index is 11.6. The molecule has 92 valence electrons. The Hall–Kier alpha value is -1.43. The van der Waals surface area contributed by atoms with E-state index in [9.17, 15) is 13.2 Å². The first-order valence-electron chi connectivity index (χ1n) is 4.63. The molecule has 0 aliphatic carbocycles. The average Bonchev–Trinajstić information content (AvgIpc) is 2.58. The minimum absolute atomic E-state index is 0.0472. The summed E-state index contributed by atoms with van der Waals surface area (Å²) in [6.45, 7) is 2.11. The van der Waals surface area contributed by atoms with E-state index in [4.69, 9.17) is 9.81 Å². The third-order valence-electron chi connectivity index (χ3n) is 1.90. The summed E-state index contributed by atoms with van der Waals surface area (Å²) >= 11 is 0.974. The van der Waals surface area contributed by atoms with Crippen LogP contribution in [0, 0.1) is 11.3 Å². The Bertz CT molecular complexity index is 568. The Morgan fingerprint density at radius 1 is 1.65 bits per heavy atom. The molecule has 2 N–H and O–H groups in total. The van der Waals surface area contributed by atoms with Gasteiger partial charge in [-0.2, -0.15) is 13.7 Å². The van der Waals surface area contributed by atoms with Crippen LogP contribution in [0.4, 0.5) is 0 Å². The van der Waals surface area contributed by atoms with Crippen LogP contribution in [0.2, 0.25) is 0 Å². The topological polar surface area (TPSA) is 107 Å². The van der Waals surface area contributed by atoms with Gasteiger partial charge in [-0.1, -0.05) is 0 Å². The molecule has 0 fully saturated rings. The van der Waals surface area contributed by atoms with Gasteiger partial charge in [0.05, 0.1) is 5.56 Å². The Morgan fingerprint density at radius 3 is 2.76 bits per heavy atom. The number of thiophene rings is 1. The van der Waals surface area contributed by atoms with Gasteiger partial charge in [0.2, 0.25) is 0 Å². The highest BCUT2D eigenvalue weighted by molar-refractivity contribution is 7.85. The van der Waals surface area contributed by atoms with Crippen LogP contribution in [-0.2, 0) is 15.9 Å². The van der Waals surface area contributed by atoms with Crippen LogP contribution in [0.5, 0.6) is 0 Å². The molecule has 1 heterocycles. The van der Waals surface area contributed by atoms with Gasteiger partial charge in [0.1, 0.15) is 16.7 Å². The highest BCUT2D eigenvalue weighted by Gasteiger charge is 2.21. The molecular weight excluding hydrogens is 264 g/mol. The molecule has 0 aliphatic heterocycles. The van der Waals surface area contributed by atoms with Gasteiger partial charge in [-0.25, -0.2) is 0 Å². The van der Waals surface area contributed by atoms with Crippen molar-refractivity contribution in [3.8, 4) is 6.07 Å². The molecule has 1 rings (SSSR count). The molecule has 1 aromatic heterocycles. The van der Waals surface area contributed by atoms with Crippen molar-refractivity contribution in [3.05, 3.63) is 21.4 Å². The molecule has 0 spiro atoms. The number of hydrogen-bond donors (Lipinski definition) is 2. The molecule has 0 saturated carbocycles. The molecule has 0 atom stereocenters. The summed E-state index contributed by atoms with van der Waals surface area (Å²) in [5.41, 5.74) is 0.164. The van der Waals surface area contributed by atoms with Crippen molar-refractivity contribution >= 4 is 27.4 Å². The Balaban J connectivity index is 3.20. The molecule has 0 aromatic carbocycles. The summed E-state index contributed by atoms with van der Waals surface area (Å²) in [6.07, 6.45) is 0. The van der Waals surface area contributed by atoms with Gasteiger partial charge in [-0.05, 0) is 6.92 Å². The number of nitrogens with zero attached hydrogens (tertiary/aromatic N) is 1. The van der Waals surface area contributed by atoms with Crippen molar-refractivity contribution in [1.82, 2.24) is 5.32 Å². The predicted molar refractivity (Wildman–Crippen MR) is 62.3 cm³/mol. The predicted octanol–water partition coefficient (Wildman–Crippen LogP) is 0.757. The van der Waals surface area contributed by atoms with Crippen molar-refractivity contribution in [1.29, 1.82) is 5.26 Å². The lowest BCUT2D eigenvalue weighted by molar-refractivity contribution is 0.0955. The molecule has 0 bridgehead atoms. The SMILES string of the molecule is CCNC(=O)c1csc(C#N)c1CS(=O)(=O)O. The normalized spacial score (nSPS) is 10.9. The second-order valence-corrected chi connectivity index (χ2v) is 5.49. The van der Waals surface area contributed by atoms with Gasteiger partial charge in [0.25, 0.3) is 16.0 Å². The number of carbonyl (C=O) groups is 1. The number of hydrogen-bond acceptors (Lipinski definition) is 5. The van der Waals surface area contributed by atoms with Crippen molar-refractivity contribution in [2.45, 2.75) is 12.7 Å². The number of nitriles is 1. The van der Waals surface area contributed by atoms with Crippen LogP contribution in [-0.4, -0.2) is 25.4 Å². The molecule has 6 nitrogen and oxygen atoms in total. The first-order chi connectivity index (χ1) is 7.89. The molecule has 1 amide bonds. The fourth-order valence-corrected chi connectivity index (χ4v) is 2.87. The van der Waals surface area contributed by atoms with E-state index in [0.29, 0.717) is 6.54 Å². The van der Waals surface area contributed by atoms with Crippen molar-refractivity contribution in [2.75, 3.05) is 6.54 Å². The minimum atomic E-state index is -4.28. The fraction of sp³-hybridized carbons (Fsp3) is 0.333. The van der Waals surface area contributed by atoms with Crippen LogP contribution in [0.25, 0.3) is 0 Å². The zero-order valence-electron chi connectivity index (χ0n) is 8.93. The maximum atomic E-state index is 11.6. The summed E-state index contributed by atoms with van der Waals surface area (Å²) in [5.74, 6) is -1.19. The van der Waals surface area contributed by atoms with E-state index in [1.165, 1.54) is 5.38 Å². The van der Waals surface area contributed by atoms with Crippen molar-refractivity contribution < 1.29 is 17.8 Å². The summed E-state index contributed by atoms with van der Waals surface area (Å²) in [6, 6.07) is 1.80. The molecule has 0 unspecified atom stereocenters. The molecule has 0 saturated heterocycles.